The number of ketones is 1. The highest BCUT2D eigenvalue weighted by molar-refractivity contribution is 6.05. The van der Waals surface area contributed by atoms with Crippen LogP contribution in [0.15, 0.2) is 78.4 Å². The van der Waals surface area contributed by atoms with E-state index < -0.39 is 88.9 Å². The zero-order chi connectivity index (χ0) is 33.6. The molecule has 0 aromatic heterocycles. The molecule has 3 saturated heterocycles. The van der Waals surface area contributed by atoms with Gasteiger partial charge in [0.2, 0.25) is 0 Å². The molecule has 3 bridgehead atoms. The van der Waals surface area contributed by atoms with Gasteiger partial charge in [0.05, 0.1) is 17.8 Å². The predicted octanol–water partition coefficient (Wildman–Crippen LogP) is 3.70. The highest BCUT2D eigenvalue weighted by Crippen LogP contribution is 2.73. The molecule has 10 heteroatoms. The van der Waals surface area contributed by atoms with Crippen LogP contribution in [0.3, 0.4) is 0 Å². The Morgan fingerprint density at radius 2 is 1.85 bits per heavy atom. The van der Waals surface area contributed by atoms with E-state index in [1.807, 2.05) is 19.1 Å². The number of allylic oxidation sites excluding steroid dienone is 3. The smallest absolute Gasteiger partial charge is 0.338 e. The Labute approximate surface area is 274 Å². The number of hydrogen-bond acceptors (Lipinski definition) is 10. The first kappa shape index (κ1) is 32.6. The molecule has 1 aromatic rings. The van der Waals surface area contributed by atoms with E-state index in [9.17, 15) is 24.9 Å². The molecule has 1 aromatic carbocycles. The summed E-state index contributed by atoms with van der Waals surface area (Å²) in [5.41, 5.74) is -6.01. The fraction of sp³-hybridized carbons (Fsp3) is 0.568. The number of carbonyl (C=O) groups excluding carboxylic acids is 2. The van der Waals surface area contributed by atoms with Gasteiger partial charge in [-0.05, 0) is 50.0 Å². The molecule has 7 rings (SSSR count). The van der Waals surface area contributed by atoms with E-state index in [0.29, 0.717) is 11.1 Å². The third kappa shape index (κ3) is 4.16. The van der Waals surface area contributed by atoms with Crippen LogP contribution in [0.2, 0.25) is 0 Å². The van der Waals surface area contributed by atoms with Crippen LogP contribution < -0.4 is 0 Å². The van der Waals surface area contributed by atoms with Crippen LogP contribution in [0.4, 0.5) is 0 Å². The van der Waals surface area contributed by atoms with Crippen molar-refractivity contribution < 1.29 is 48.6 Å². The molecule has 0 radical (unpaired) electrons. The molecule has 6 aliphatic rings. The lowest BCUT2D eigenvalue weighted by Crippen LogP contribution is -2.76. The first-order valence-corrected chi connectivity index (χ1v) is 16.7. The maximum atomic E-state index is 13.8. The molecule has 47 heavy (non-hydrogen) atoms. The molecule has 3 heterocycles. The standard InChI is InChI=1S/C37H44O10/c1-6-7-8-9-10-11-15-18-34-45-30-26-29-33(20-38,44-29)32(41)35(42)25(19-22(4)27(35)39)37(26,47-34)23(5)28(36(30,46-34)21(2)3)43-31(40)24-16-13-12-14-17-24/h10-19,23,25-26,28-30,32,38,41-42H,2,6-9,20H2,1,3-5H3/b11-10-,18-15-/t23-,25-,26+,28-,29+,30-,32-,33+,34-,35-,36+,37+/m1/s1. The minimum atomic E-state index is -2.41. The zero-order valence-electron chi connectivity index (χ0n) is 27.3. The molecule has 2 saturated carbocycles. The summed E-state index contributed by atoms with van der Waals surface area (Å²) >= 11 is 0. The van der Waals surface area contributed by atoms with Crippen LogP contribution in [0.5, 0.6) is 0 Å². The fourth-order valence-electron chi connectivity index (χ4n) is 9.24. The number of carbonyl (C=O) groups is 2. The normalized spacial score (nSPS) is 45.8. The van der Waals surface area contributed by atoms with Gasteiger partial charge in [0.15, 0.2) is 17.0 Å². The largest absolute Gasteiger partial charge is 0.455 e. The Kier molecular flexibility index (Phi) is 7.65. The van der Waals surface area contributed by atoms with Crippen molar-refractivity contribution in [3.05, 3.63) is 84.0 Å². The molecular formula is C37H44O10. The lowest BCUT2D eigenvalue weighted by Gasteiger charge is -2.61. The van der Waals surface area contributed by atoms with Gasteiger partial charge in [0.25, 0.3) is 0 Å². The number of esters is 1. The molecule has 5 fully saturated rings. The second kappa shape index (κ2) is 11.0. The second-order valence-corrected chi connectivity index (χ2v) is 14.1. The molecule has 3 N–H and O–H groups in total. The SMILES string of the molecule is C=C(C)[C@@]12O[C@@]3(/C=C\C=C/CCCCC)O[C@@H]1[C@@H]1[C@@H]4O[C@]4(CO)[C@@H](O)[C@]4(O)C(=O)C(C)=C[C@H]4[C@@]1(O3)[C@H](C)[C@H]2OC(=O)c1ccccc1. The van der Waals surface area contributed by atoms with Gasteiger partial charge in [-0.2, -0.15) is 0 Å². The molecule has 3 aliphatic heterocycles. The minimum Gasteiger partial charge on any atom is -0.455 e. The van der Waals surface area contributed by atoms with Gasteiger partial charge in [-0.25, -0.2) is 4.79 Å². The van der Waals surface area contributed by atoms with Crippen molar-refractivity contribution >= 4 is 11.8 Å². The molecule has 0 spiro atoms. The van der Waals surface area contributed by atoms with Crippen molar-refractivity contribution in [2.75, 3.05) is 6.61 Å². The van der Waals surface area contributed by atoms with Crippen LogP contribution in [0.25, 0.3) is 0 Å². The number of aliphatic hydroxyl groups excluding tert-OH is 2. The minimum absolute atomic E-state index is 0.238. The number of ether oxygens (including phenoxy) is 5. The Bertz CT molecular complexity index is 1570. The van der Waals surface area contributed by atoms with Gasteiger partial charge in [0, 0.05) is 23.8 Å². The van der Waals surface area contributed by atoms with Gasteiger partial charge >= 0.3 is 11.9 Å². The van der Waals surface area contributed by atoms with E-state index in [1.54, 1.807) is 62.4 Å². The highest BCUT2D eigenvalue weighted by Gasteiger charge is 2.90. The van der Waals surface area contributed by atoms with Gasteiger partial charge in [-0.3, -0.25) is 4.79 Å². The quantitative estimate of drug-likeness (QED) is 0.113. The first-order chi connectivity index (χ1) is 22.4. The monoisotopic (exact) mass is 648 g/mol. The van der Waals surface area contributed by atoms with Crippen molar-refractivity contribution in [3.63, 3.8) is 0 Å². The Balaban J connectivity index is 1.41. The Morgan fingerprint density at radius 3 is 2.53 bits per heavy atom. The molecular weight excluding hydrogens is 604 g/mol. The van der Waals surface area contributed by atoms with Crippen molar-refractivity contribution in [2.45, 2.75) is 106 Å². The summed E-state index contributed by atoms with van der Waals surface area (Å²) in [5, 5.41) is 34.9. The summed E-state index contributed by atoms with van der Waals surface area (Å²) in [7, 11) is 0. The van der Waals surface area contributed by atoms with E-state index in [2.05, 4.69) is 13.5 Å². The number of unbranched alkanes of at least 4 members (excludes halogenated alkanes) is 3. The topological polar surface area (TPSA) is 144 Å². The first-order valence-electron chi connectivity index (χ1n) is 16.7. The average Bonchev–Trinajstić information content (AvgIpc) is 3.69. The third-order valence-electron chi connectivity index (χ3n) is 11.5. The summed E-state index contributed by atoms with van der Waals surface area (Å²) in [5.74, 6) is -5.81. The maximum absolute atomic E-state index is 13.8. The lowest BCUT2D eigenvalue weighted by molar-refractivity contribution is -0.407. The molecule has 0 unspecified atom stereocenters. The van der Waals surface area contributed by atoms with E-state index >= 15 is 0 Å². The van der Waals surface area contributed by atoms with Gasteiger partial charge < -0.3 is 39.0 Å². The number of fused-ring (bicyclic) bond motifs is 3. The van der Waals surface area contributed by atoms with Crippen molar-refractivity contribution in [1.82, 2.24) is 0 Å². The van der Waals surface area contributed by atoms with E-state index in [1.165, 1.54) is 0 Å². The van der Waals surface area contributed by atoms with Crippen molar-refractivity contribution in [2.24, 2.45) is 17.8 Å². The predicted molar refractivity (Wildman–Crippen MR) is 169 cm³/mol. The molecule has 3 aliphatic carbocycles. The molecule has 12 atom stereocenters. The van der Waals surface area contributed by atoms with Crippen molar-refractivity contribution in [1.29, 1.82) is 0 Å². The summed E-state index contributed by atoms with van der Waals surface area (Å²) in [6.45, 7) is 11.0. The average molecular weight is 649 g/mol. The van der Waals surface area contributed by atoms with Crippen LogP contribution in [0.1, 0.15) is 63.7 Å². The zero-order valence-corrected chi connectivity index (χ0v) is 27.3. The maximum Gasteiger partial charge on any atom is 0.338 e. The Hall–Kier alpha value is -2.96. The molecule has 10 nitrogen and oxygen atoms in total. The number of hydrogen-bond donors (Lipinski definition) is 3. The Morgan fingerprint density at radius 1 is 1.11 bits per heavy atom. The fourth-order valence-corrected chi connectivity index (χ4v) is 9.24. The van der Waals surface area contributed by atoms with E-state index in [4.69, 9.17) is 23.7 Å². The second-order valence-electron chi connectivity index (χ2n) is 14.1. The molecule has 252 valence electrons. The lowest BCUT2D eigenvalue weighted by atomic mass is 9.53. The number of Topliss-reactive ketones (excluding diaryl/α,β-unsaturated/α-hetero) is 1. The summed E-state index contributed by atoms with van der Waals surface area (Å²) in [4.78, 5) is 27.6. The van der Waals surface area contributed by atoms with Crippen LogP contribution in [-0.2, 0) is 28.5 Å². The summed E-state index contributed by atoms with van der Waals surface area (Å²) in [6.07, 6.45) is 8.51. The van der Waals surface area contributed by atoms with Gasteiger partial charge in [0.1, 0.15) is 30.0 Å². The van der Waals surface area contributed by atoms with E-state index in [-0.39, 0.29) is 5.57 Å². The summed E-state index contributed by atoms with van der Waals surface area (Å²) in [6, 6.07) is 8.57. The van der Waals surface area contributed by atoms with E-state index in [0.717, 1.165) is 25.7 Å². The third-order valence-corrected chi connectivity index (χ3v) is 11.5. The number of epoxide rings is 1. The van der Waals surface area contributed by atoms with Gasteiger partial charge in [-0.1, -0.05) is 75.8 Å². The molecule has 0 amide bonds. The number of aliphatic hydroxyl groups is 3. The number of rotatable bonds is 10. The van der Waals surface area contributed by atoms with Crippen molar-refractivity contribution in [3.8, 4) is 0 Å². The van der Waals surface area contributed by atoms with Crippen LogP contribution in [0, 0.1) is 17.8 Å². The number of benzene rings is 1. The summed E-state index contributed by atoms with van der Waals surface area (Å²) < 4.78 is 33.2. The van der Waals surface area contributed by atoms with Gasteiger partial charge in [-0.15, -0.1) is 0 Å². The van der Waals surface area contributed by atoms with Crippen LogP contribution in [-0.4, -0.2) is 86.5 Å². The highest BCUT2D eigenvalue weighted by atomic mass is 16.9. The van der Waals surface area contributed by atoms with Crippen LogP contribution >= 0.6 is 0 Å².